The van der Waals surface area contributed by atoms with Gasteiger partial charge in [0, 0.05) is 6.42 Å². The largest absolute Gasteiger partial charge is 0.251 e. The highest BCUT2D eigenvalue weighted by molar-refractivity contribution is 5.11. The van der Waals surface area contributed by atoms with E-state index < -0.39 is 0 Å². The summed E-state index contributed by atoms with van der Waals surface area (Å²) in [5, 5.41) is 0. The molecule has 1 rings (SSSR count). The van der Waals surface area contributed by atoms with Crippen molar-refractivity contribution in [3.8, 4) is 0 Å². The molecule has 0 heterocycles. The van der Waals surface area contributed by atoms with Crippen LogP contribution >= 0.6 is 0 Å². The highest BCUT2D eigenvalue weighted by atomic mass is 19.1. The minimum Gasteiger partial charge on any atom is -0.251 e. The molecule has 0 N–H and O–H groups in total. The van der Waals surface area contributed by atoms with E-state index in [1.54, 1.807) is 18.2 Å². The molecule has 0 aromatic heterocycles. The second-order valence-corrected chi connectivity index (χ2v) is 1.75. The maximum Gasteiger partial charge on any atom is 0.0934 e. The number of aryl methyl sites for hydroxylation is 1. The molecule has 1 aromatic rings. The molecule has 1 heteroatoms. The minimum absolute atomic E-state index is 0.311. The first-order valence-electron chi connectivity index (χ1n) is 2.86. The van der Waals surface area contributed by atoms with E-state index in [4.69, 9.17) is 0 Å². The molecule has 0 spiro atoms. The smallest absolute Gasteiger partial charge is 0.0934 e. The first-order chi connectivity index (χ1) is 4.43. The van der Waals surface area contributed by atoms with Gasteiger partial charge in [0.1, 0.15) is 0 Å². The highest BCUT2D eigenvalue weighted by Crippen LogP contribution is 1.96. The molecule has 0 amide bonds. The van der Waals surface area contributed by atoms with Crippen molar-refractivity contribution in [2.45, 2.75) is 6.42 Å². The molecule has 0 bridgehead atoms. The Morgan fingerprint density at radius 1 is 1.44 bits per heavy atom. The Labute approximate surface area is 54.3 Å². The molecule has 0 unspecified atom stereocenters. The summed E-state index contributed by atoms with van der Waals surface area (Å²) in [6, 6.07) is 11.0. The van der Waals surface area contributed by atoms with Crippen molar-refractivity contribution in [3.05, 3.63) is 35.9 Å². The molecule has 0 atom stereocenters. The Hall–Kier alpha value is -0.850. The summed E-state index contributed by atoms with van der Waals surface area (Å²) < 4.78 is 11.6. The summed E-state index contributed by atoms with van der Waals surface area (Å²) in [5.41, 5.74) is 0.889. The van der Waals surface area contributed by atoms with E-state index in [9.17, 15) is 4.39 Å². The normalized spacial score (nSPS) is 9.44. The highest BCUT2D eigenvalue weighted by Gasteiger charge is 1.87. The van der Waals surface area contributed by atoms with Gasteiger partial charge in [0.15, 0.2) is 0 Å². The first-order valence-corrected chi connectivity index (χ1v) is 2.86. The van der Waals surface area contributed by atoms with Crippen LogP contribution < -0.4 is 0 Å². The van der Waals surface area contributed by atoms with Gasteiger partial charge in [-0.25, -0.2) is 0 Å². The van der Waals surface area contributed by atoms with Gasteiger partial charge in [0.05, 0.1) is 6.67 Å². The van der Waals surface area contributed by atoms with Gasteiger partial charge in [0.25, 0.3) is 0 Å². The lowest BCUT2D eigenvalue weighted by atomic mass is 10.2. The zero-order valence-corrected chi connectivity index (χ0v) is 5.02. The van der Waals surface area contributed by atoms with Crippen LogP contribution in [0.5, 0.6) is 0 Å². The Morgan fingerprint density at radius 3 is 2.89 bits per heavy atom. The van der Waals surface area contributed by atoms with Gasteiger partial charge in [-0.15, -0.1) is 0 Å². The molecule has 46 valence electrons. The van der Waals surface area contributed by atoms with E-state index >= 15 is 0 Å². The number of halogens is 1. The van der Waals surface area contributed by atoms with Crippen molar-refractivity contribution >= 4 is 0 Å². The summed E-state index contributed by atoms with van der Waals surface area (Å²) in [5.74, 6) is 0. The molecule has 0 saturated carbocycles. The Bertz CT molecular complexity index is 157. The predicted octanol–water partition coefficient (Wildman–Crippen LogP) is 1.80. The summed E-state index contributed by atoms with van der Waals surface area (Å²) in [6.45, 7) is -0.311. The van der Waals surface area contributed by atoms with Crippen molar-refractivity contribution in [1.29, 1.82) is 0 Å². The number of alkyl halides is 1. The van der Waals surface area contributed by atoms with Gasteiger partial charge < -0.3 is 0 Å². The van der Waals surface area contributed by atoms with Crippen LogP contribution in [0.4, 0.5) is 4.39 Å². The molecule has 0 aliphatic heterocycles. The van der Waals surface area contributed by atoms with E-state index in [0.717, 1.165) is 5.56 Å². The SMILES string of the molecule is FCCc1[c]cc[c]c1. The number of hydrogen-bond acceptors (Lipinski definition) is 0. The van der Waals surface area contributed by atoms with Gasteiger partial charge >= 0.3 is 0 Å². The maximum atomic E-state index is 11.6. The van der Waals surface area contributed by atoms with Crippen LogP contribution in [0.25, 0.3) is 0 Å². The van der Waals surface area contributed by atoms with Crippen LogP contribution in [0.15, 0.2) is 18.2 Å². The quantitative estimate of drug-likeness (QED) is 0.561. The van der Waals surface area contributed by atoms with Crippen LogP contribution in [0.3, 0.4) is 0 Å². The van der Waals surface area contributed by atoms with Crippen LogP contribution in [-0.2, 0) is 6.42 Å². The second-order valence-electron chi connectivity index (χ2n) is 1.75. The third-order valence-corrected chi connectivity index (χ3v) is 1.07. The molecule has 1 aromatic carbocycles. The Kier molecular flexibility index (Phi) is 2.25. The molecule has 9 heavy (non-hydrogen) atoms. The van der Waals surface area contributed by atoms with Crippen molar-refractivity contribution in [2.24, 2.45) is 0 Å². The average molecular weight is 122 g/mol. The molecule has 0 aliphatic carbocycles. The number of rotatable bonds is 2. The summed E-state index contributed by atoms with van der Waals surface area (Å²) >= 11 is 0. The van der Waals surface area contributed by atoms with E-state index in [0.29, 0.717) is 6.42 Å². The van der Waals surface area contributed by atoms with Crippen LogP contribution in [0.2, 0.25) is 0 Å². The fourth-order valence-electron chi connectivity index (χ4n) is 0.633. The van der Waals surface area contributed by atoms with E-state index in [1.165, 1.54) is 0 Å². The fourth-order valence-corrected chi connectivity index (χ4v) is 0.633. The molecule has 2 radical (unpaired) electrons. The van der Waals surface area contributed by atoms with Gasteiger partial charge in [0.2, 0.25) is 0 Å². The molecule has 0 aliphatic rings. The van der Waals surface area contributed by atoms with Crippen LogP contribution in [0.1, 0.15) is 5.56 Å². The second kappa shape index (κ2) is 3.23. The van der Waals surface area contributed by atoms with Crippen molar-refractivity contribution < 1.29 is 4.39 Å². The summed E-state index contributed by atoms with van der Waals surface area (Å²) in [4.78, 5) is 0. The standard InChI is InChI=1S/C8H7F/c9-7-6-8-4-2-1-3-5-8/h1-2,5H,6-7H2. The number of hydrogen-bond donors (Lipinski definition) is 0. The minimum atomic E-state index is -0.311. The topological polar surface area (TPSA) is 0 Å². The van der Waals surface area contributed by atoms with E-state index in [-0.39, 0.29) is 6.67 Å². The van der Waals surface area contributed by atoms with Gasteiger partial charge in [-0.2, -0.15) is 0 Å². The Balaban J connectivity index is 2.61. The monoisotopic (exact) mass is 122 g/mol. The first kappa shape index (κ1) is 6.27. The van der Waals surface area contributed by atoms with Crippen LogP contribution in [-0.4, -0.2) is 6.67 Å². The average Bonchev–Trinajstić information content (AvgIpc) is 1.91. The fraction of sp³-hybridized carbons (Fsp3) is 0.250. The lowest BCUT2D eigenvalue weighted by Gasteiger charge is -1.91. The van der Waals surface area contributed by atoms with Gasteiger partial charge in [-0.3, -0.25) is 4.39 Å². The predicted molar refractivity (Wildman–Crippen MR) is 33.8 cm³/mol. The third kappa shape index (κ3) is 1.84. The van der Waals surface area contributed by atoms with Crippen molar-refractivity contribution in [1.82, 2.24) is 0 Å². The zero-order chi connectivity index (χ0) is 6.53. The molecule has 0 nitrogen and oxygen atoms in total. The lowest BCUT2D eigenvalue weighted by molar-refractivity contribution is 0.495. The van der Waals surface area contributed by atoms with Gasteiger partial charge in [-0.05, 0) is 17.7 Å². The molecular formula is C8H7F. The van der Waals surface area contributed by atoms with Crippen molar-refractivity contribution in [2.75, 3.05) is 6.67 Å². The van der Waals surface area contributed by atoms with Crippen molar-refractivity contribution in [3.63, 3.8) is 0 Å². The summed E-state index contributed by atoms with van der Waals surface area (Å²) in [7, 11) is 0. The van der Waals surface area contributed by atoms with E-state index in [1.807, 2.05) is 0 Å². The molecular weight excluding hydrogens is 115 g/mol. The lowest BCUT2D eigenvalue weighted by Crippen LogP contribution is -1.84. The molecule has 0 fully saturated rings. The zero-order valence-electron chi connectivity index (χ0n) is 5.02. The third-order valence-electron chi connectivity index (χ3n) is 1.07. The van der Waals surface area contributed by atoms with E-state index in [2.05, 4.69) is 12.1 Å². The molecule has 0 saturated heterocycles. The maximum absolute atomic E-state index is 11.6. The Morgan fingerprint density at radius 2 is 2.33 bits per heavy atom. The van der Waals surface area contributed by atoms with Crippen LogP contribution in [0, 0.1) is 12.1 Å². The summed E-state index contributed by atoms with van der Waals surface area (Å²) in [6.07, 6.45) is 0.456. The van der Waals surface area contributed by atoms with Gasteiger partial charge in [-0.1, -0.05) is 18.2 Å². The number of benzene rings is 1.